The highest BCUT2D eigenvalue weighted by molar-refractivity contribution is 6.74. The lowest BCUT2D eigenvalue weighted by Gasteiger charge is -2.45. The molecule has 0 bridgehead atoms. The second kappa shape index (κ2) is 13.5. The van der Waals surface area contributed by atoms with E-state index in [1.165, 1.54) is 12.2 Å². The molecule has 1 rings (SSSR count). The molecule has 11 heteroatoms. The van der Waals surface area contributed by atoms with Crippen LogP contribution in [0.15, 0.2) is 25.3 Å². The number of hydroxylamine groups is 2. The van der Waals surface area contributed by atoms with Gasteiger partial charge in [0.1, 0.15) is 12.4 Å². The number of ether oxygens (including phenoxy) is 1. The Balaban J connectivity index is 2.89. The number of β-lactam (4-membered cyclic amide) rings is 1. The van der Waals surface area contributed by atoms with Crippen LogP contribution in [0.2, 0.25) is 18.1 Å². The second-order valence-corrected chi connectivity index (χ2v) is 14.9. The zero-order chi connectivity index (χ0) is 26.8. The van der Waals surface area contributed by atoms with Crippen LogP contribution in [-0.4, -0.2) is 76.0 Å². The van der Waals surface area contributed by atoms with E-state index in [-0.39, 0.29) is 55.6 Å². The number of carbonyl (C=O) groups excluding carboxylic acids is 4. The fraction of sp³-hybridized carbons (Fsp3) is 0.667. The summed E-state index contributed by atoms with van der Waals surface area (Å²) >= 11 is 0. The maximum atomic E-state index is 13.2. The number of ketones is 1. The number of hydrogen-bond acceptors (Lipinski definition) is 7. The lowest BCUT2D eigenvalue weighted by molar-refractivity contribution is -0.171. The zero-order valence-corrected chi connectivity index (χ0v) is 22.8. The monoisotopic (exact) mass is 511 g/mol. The molecule has 1 saturated heterocycles. The summed E-state index contributed by atoms with van der Waals surface area (Å²) in [6, 6.07) is -0.399. The van der Waals surface area contributed by atoms with E-state index in [1.54, 1.807) is 0 Å². The largest absolute Gasteiger partial charge is 0.445 e. The quantitative estimate of drug-likeness (QED) is 0.107. The van der Waals surface area contributed by atoms with Gasteiger partial charge in [-0.1, -0.05) is 39.5 Å². The fourth-order valence-electron chi connectivity index (χ4n) is 3.44. The van der Waals surface area contributed by atoms with Gasteiger partial charge in [-0.3, -0.25) is 19.2 Å². The average Bonchev–Trinajstić information content (AvgIpc) is 2.75. The molecule has 3 amide bonds. The van der Waals surface area contributed by atoms with E-state index in [0.717, 1.165) is 5.06 Å². The van der Waals surface area contributed by atoms with Crippen molar-refractivity contribution in [3.63, 3.8) is 0 Å². The van der Waals surface area contributed by atoms with Crippen LogP contribution in [0.5, 0.6) is 0 Å². The van der Waals surface area contributed by atoms with Gasteiger partial charge in [0.2, 0.25) is 12.3 Å². The minimum atomic E-state index is -2.11. The molecule has 0 saturated carbocycles. The third-order valence-corrected chi connectivity index (χ3v) is 11.0. The number of hydrogen-bond donors (Lipinski definition) is 2. The van der Waals surface area contributed by atoms with Crippen LogP contribution in [-0.2, 0) is 28.4 Å². The molecule has 35 heavy (non-hydrogen) atoms. The standard InChI is InChI=1S/C24H41N3O7Si/c1-9-11-32-23(31)25-14-18(15-27(16-28)33-12-10-2)20(29)13-19-21(22(30)26-19)17(3)34-35(7,8)24(4,5)6/h9-10,16-19,21H,1-2,11-15H2,3-8H3,(H,25,31)(H,26,30)/t17-,18?,19-,21-/m1/s1. The molecule has 2 N–H and O–H groups in total. The van der Waals surface area contributed by atoms with Gasteiger partial charge in [-0.2, -0.15) is 0 Å². The van der Waals surface area contributed by atoms with E-state index in [9.17, 15) is 19.2 Å². The first-order valence-electron chi connectivity index (χ1n) is 11.8. The van der Waals surface area contributed by atoms with Crippen LogP contribution in [0.1, 0.15) is 34.1 Å². The first-order valence-corrected chi connectivity index (χ1v) is 14.7. The highest BCUT2D eigenvalue weighted by atomic mass is 28.4. The predicted octanol–water partition coefficient (Wildman–Crippen LogP) is 2.57. The first kappa shape index (κ1) is 30.5. The Morgan fingerprint density at radius 3 is 2.37 bits per heavy atom. The van der Waals surface area contributed by atoms with Crippen LogP contribution >= 0.6 is 0 Å². The smallest absolute Gasteiger partial charge is 0.407 e. The van der Waals surface area contributed by atoms with E-state index >= 15 is 0 Å². The molecule has 10 nitrogen and oxygen atoms in total. The maximum Gasteiger partial charge on any atom is 0.407 e. The minimum absolute atomic E-state index is 0.0203. The minimum Gasteiger partial charge on any atom is -0.445 e. The van der Waals surface area contributed by atoms with Crippen molar-refractivity contribution in [1.82, 2.24) is 15.7 Å². The highest BCUT2D eigenvalue weighted by Gasteiger charge is 2.48. The van der Waals surface area contributed by atoms with Gasteiger partial charge in [-0.05, 0) is 25.1 Å². The van der Waals surface area contributed by atoms with Crippen LogP contribution in [0, 0.1) is 11.8 Å². The number of carbonyl (C=O) groups is 4. The number of nitrogens with one attached hydrogen (secondary N) is 2. The van der Waals surface area contributed by atoms with Crippen LogP contribution in [0.25, 0.3) is 0 Å². The maximum absolute atomic E-state index is 13.2. The van der Waals surface area contributed by atoms with Crippen molar-refractivity contribution in [1.29, 1.82) is 0 Å². The number of amides is 3. The lowest BCUT2D eigenvalue weighted by atomic mass is 9.81. The van der Waals surface area contributed by atoms with Crippen molar-refractivity contribution >= 4 is 32.5 Å². The van der Waals surface area contributed by atoms with Gasteiger partial charge in [-0.25, -0.2) is 9.86 Å². The van der Waals surface area contributed by atoms with Crippen molar-refractivity contribution in [3.8, 4) is 0 Å². The molecular weight excluding hydrogens is 470 g/mol. The molecule has 0 radical (unpaired) electrons. The molecule has 0 aromatic heterocycles. The van der Waals surface area contributed by atoms with Gasteiger partial charge in [-0.15, -0.1) is 6.58 Å². The Kier molecular flexibility index (Phi) is 11.8. The van der Waals surface area contributed by atoms with Crippen molar-refractivity contribution in [2.24, 2.45) is 11.8 Å². The topological polar surface area (TPSA) is 123 Å². The molecule has 0 aromatic carbocycles. The normalized spacial score (nSPS) is 19.4. The van der Waals surface area contributed by atoms with E-state index < -0.39 is 32.3 Å². The lowest BCUT2D eigenvalue weighted by Crippen LogP contribution is -2.64. The van der Waals surface area contributed by atoms with Gasteiger partial charge in [0.25, 0.3) is 0 Å². The number of rotatable bonds is 16. The number of alkyl carbamates (subject to hydrolysis) is 1. The van der Waals surface area contributed by atoms with Gasteiger partial charge in [0.05, 0.1) is 31.1 Å². The van der Waals surface area contributed by atoms with Gasteiger partial charge >= 0.3 is 6.09 Å². The van der Waals surface area contributed by atoms with Crippen molar-refractivity contribution in [3.05, 3.63) is 25.3 Å². The summed E-state index contributed by atoms with van der Waals surface area (Å²) in [5.41, 5.74) is 0. The SMILES string of the molecule is C=CCOC(=O)NCC(CN(C=O)OCC=C)C(=O)C[C@H]1NC(=O)[C@@H]1[C@@H](C)O[Si](C)(C)C(C)(C)C. The molecule has 1 aliphatic heterocycles. The molecule has 1 fully saturated rings. The Labute approximate surface area is 209 Å². The first-order chi connectivity index (χ1) is 16.3. The zero-order valence-electron chi connectivity index (χ0n) is 21.8. The van der Waals surface area contributed by atoms with E-state index in [1.807, 2.05) is 6.92 Å². The number of nitrogens with zero attached hydrogens (tertiary/aromatic N) is 1. The fourth-order valence-corrected chi connectivity index (χ4v) is 4.87. The molecule has 0 aromatic rings. The van der Waals surface area contributed by atoms with Crippen molar-refractivity contribution in [2.75, 3.05) is 26.3 Å². The predicted molar refractivity (Wildman–Crippen MR) is 135 cm³/mol. The summed E-state index contributed by atoms with van der Waals surface area (Å²) in [5, 5.41) is 6.30. The molecule has 1 unspecified atom stereocenters. The summed E-state index contributed by atoms with van der Waals surface area (Å²) in [6.07, 6.45) is 2.32. The molecule has 0 spiro atoms. The summed E-state index contributed by atoms with van der Waals surface area (Å²) in [5.74, 6) is -1.63. The Bertz CT molecular complexity index is 782. The van der Waals surface area contributed by atoms with E-state index in [0.29, 0.717) is 6.41 Å². The molecule has 198 valence electrons. The second-order valence-electron chi connectivity index (χ2n) is 10.1. The Morgan fingerprint density at radius 2 is 1.86 bits per heavy atom. The summed E-state index contributed by atoms with van der Waals surface area (Å²) in [6.45, 7) is 19.4. The summed E-state index contributed by atoms with van der Waals surface area (Å²) in [4.78, 5) is 54.1. The average molecular weight is 512 g/mol. The Morgan fingerprint density at radius 1 is 1.23 bits per heavy atom. The van der Waals surface area contributed by atoms with E-state index in [2.05, 4.69) is 57.7 Å². The van der Waals surface area contributed by atoms with Gasteiger partial charge in [0, 0.05) is 19.0 Å². The molecule has 1 heterocycles. The Hall–Kier alpha value is -2.50. The molecule has 1 aliphatic rings. The third kappa shape index (κ3) is 9.23. The summed E-state index contributed by atoms with van der Waals surface area (Å²) < 4.78 is 11.3. The molecule has 4 atom stereocenters. The van der Waals surface area contributed by atoms with Crippen molar-refractivity contribution in [2.45, 2.75) is 64.4 Å². The third-order valence-electron chi connectivity index (χ3n) is 6.43. The van der Waals surface area contributed by atoms with Gasteiger partial charge in [0.15, 0.2) is 8.32 Å². The van der Waals surface area contributed by atoms with Crippen LogP contribution < -0.4 is 10.6 Å². The van der Waals surface area contributed by atoms with Crippen LogP contribution in [0.4, 0.5) is 4.79 Å². The van der Waals surface area contributed by atoms with Crippen molar-refractivity contribution < 1.29 is 33.2 Å². The summed E-state index contributed by atoms with van der Waals surface area (Å²) in [7, 11) is -2.11. The van der Waals surface area contributed by atoms with Gasteiger partial charge < -0.3 is 19.8 Å². The molecule has 0 aliphatic carbocycles. The number of Topliss-reactive ketones (excluding diaryl/α,β-unsaturated/α-hetero) is 1. The highest BCUT2D eigenvalue weighted by Crippen LogP contribution is 2.39. The van der Waals surface area contributed by atoms with E-state index in [4.69, 9.17) is 14.0 Å². The molecular formula is C24H41N3O7Si. The van der Waals surface area contributed by atoms with Crippen LogP contribution in [0.3, 0.4) is 0 Å².